The molecular formula is C40H64O2. The Hall–Kier alpha value is -0.600. The monoisotopic (exact) mass is 576 g/mol. The number of allylic oxidation sites excluding steroid dienone is 3. The van der Waals surface area contributed by atoms with Gasteiger partial charge in [0.2, 0.25) is 0 Å². The van der Waals surface area contributed by atoms with Gasteiger partial charge >= 0.3 is 0 Å². The Morgan fingerprint density at radius 2 is 1.60 bits per heavy atom. The fourth-order valence-corrected chi connectivity index (χ4v) is 14.0. The van der Waals surface area contributed by atoms with Crippen molar-refractivity contribution < 1.29 is 10.2 Å². The Bertz CT molecular complexity index is 1030. The lowest BCUT2D eigenvalue weighted by Crippen LogP contribution is -2.52. The van der Waals surface area contributed by atoms with Crippen LogP contribution in [-0.4, -0.2) is 21.9 Å². The first-order chi connectivity index (χ1) is 20.3. The SMILES string of the molecule is CCC(O)[C@@]12C=CC[C@H]1[C@@H]1CCC3CCCC[C@@H]3[C@H]1CC2.CC[C@]1(O)CC[C@H]2[C@@H]3CCC4=CCCC[C@@H]4[C@H]3CC[C@@]21C. The second-order valence-corrected chi connectivity index (χ2v) is 17.1. The number of rotatable bonds is 3. The number of aliphatic hydroxyl groups is 2. The van der Waals surface area contributed by atoms with Crippen LogP contribution in [0, 0.1) is 64.1 Å². The van der Waals surface area contributed by atoms with Gasteiger partial charge in [-0.05, 0) is 168 Å². The maximum Gasteiger partial charge on any atom is 0.0701 e. The summed E-state index contributed by atoms with van der Waals surface area (Å²) in [7, 11) is 0. The van der Waals surface area contributed by atoms with Crippen molar-refractivity contribution in [3.05, 3.63) is 23.8 Å². The van der Waals surface area contributed by atoms with E-state index in [1.54, 1.807) is 0 Å². The van der Waals surface area contributed by atoms with E-state index >= 15 is 0 Å². The van der Waals surface area contributed by atoms with Gasteiger partial charge in [0.25, 0.3) is 0 Å². The number of fused-ring (bicyclic) bond motifs is 10. The molecule has 2 N–H and O–H groups in total. The van der Waals surface area contributed by atoms with E-state index < -0.39 is 0 Å². The third-order valence-corrected chi connectivity index (χ3v) is 16.2. The van der Waals surface area contributed by atoms with Gasteiger partial charge in [0.15, 0.2) is 0 Å². The molecule has 0 aliphatic heterocycles. The molecule has 0 aromatic rings. The summed E-state index contributed by atoms with van der Waals surface area (Å²) in [4.78, 5) is 0. The minimum atomic E-state index is -0.370. The molecule has 2 heteroatoms. The minimum Gasteiger partial charge on any atom is -0.392 e. The highest BCUT2D eigenvalue weighted by molar-refractivity contribution is 5.20. The molecule has 6 saturated carbocycles. The molecule has 8 rings (SSSR count). The summed E-state index contributed by atoms with van der Waals surface area (Å²) in [6, 6.07) is 0. The molecule has 236 valence electrons. The van der Waals surface area contributed by atoms with Crippen molar-refractivity contribution in [2.24, 2.45) is 64.1 Å². The van der Waals surface area contributed by atoms with Gasteiger partial charge in [-0.15, -0.1) is 0 Å². The number of aliphatic hydroxyl groups excluding tert-OH is 1. The van der Waals surface area contributed by atoms with Crippen molar-refractivity contribution in [3.63, 3.8) is 0 Å². The van der Waals surface area contributed by atoms with Gasteiger partial charge in [0.05, 0.1) is 11.7 Å². The van der Waals surface area contributed by atoms with Crippen molar-refractivity contribution in [3.8, 4) is 0 Å². The summed E-state index contributed by atoms with van der Waals surface area (Å²) in [5, 5.41) is 21.9. The second kappa shape index (κ2) is 11.6. The van der Waals surface area contributed by atoms with Crippen LogP contribution in [-0.2, 0) is 0 Å². The van der Waals surface area contributed by atoms with E-state index in [2.05, 4.69) is 39.0 Å². The van der Waals surface area contributed by atoms with Crippen molar-refractivity contribution >= 4 is 0 Å². The molecule has 0 aromatic heterocycles. The van der Waals surface area contributed by atoms with Gasteiger partial charge in [0, 0.05) is 5.41 Å². The van der Waals surface area contributed by atoms with Gasteiger partial charge in [0.1, 0.15) is 0 Å². The zero-order valence-electron chi connectivity index (χ0n) is 27.5. The molecule has 2 nitrogen and oxygen atoms in total. The van der Waals surface area contributed by atoms with Crippen molar-refractivity contribution in [1.29, 1.82) is 0 Å². The third kappa shape index (κ3) is 4.60. The topological polar surface area (TPSA) is 40.5 Å². The second-order valence-electron chi connectivity index (χ2n) is 17.1. The zero-order chi connectivity index (χ0) is 29.1. The van der Waals surface area contributed by atoms with E-state index in [1.807, 2.05) is 5.57 Å². The molecule has 8 aliphatic carbocycles. The lowest BCUT2D eigenvalue weighted by atomic mass is 9.49. The molecule has 0 bridgehead atoms. The molecule has 13 atom stereocenters. The maximum absolute atomic E-state index is 11.2. The molecule has 6 fully saturated rings. The molecule has 0 radical (unpaired) electrons. The summed E-state index contributed by atoms with van der Waals surface area (Å²) in [6.07, 6.45) is 34.0. The maximum atomic E-state index is 11.2. The van der Waals surface area contributed by atoms with Gasteiger partial charge < -0.3 is 10.2 Å². The largest absolute Gasteiger partial charge is 0.392 e. The van der Waals surface area contributed by atoms with Crippen molar-refractivity contribution in [2.45, 2.75) is 161 Å². The summed E-state index contributed by atoms with van der Waals surface area (Å²) < 4.78 is 0. The zero-order valence-corrected chi connectivity index (χ0v) is 27.5. The number of hydrogen-bond acceptors (Lipinski definition) is 2. The standard InChI is InChI=1S/2C20H32O/c1-3-20(21)13-11-18-17-9-8-14-6-4-5-7-15(14)16(17)10-12-19(18,20)2;1-2-19(21)20-12-5-8-18(20)17-10-9-14-6-3-4-7-15(14)16(17)11-13-20/h6,15-18,21H,3-5,7-13H2,1-2H3;5,12,14-19,21H,2-4,6-11,13H2,1H3/t15-,16+,17+,18-,19-,20-;14?,15-,16+,17+,18-,19?,20+/m00/s1. The molecule has 42 heavy (non-hydrogen) atoms. The van der Waals surface area contributed by atoms with Gasteiger partial charge in [-0.3, -0.25) is 0 Å². The Morgan fingerprint density at radius 1 is 0.786 bits per heavy atom. The molecule has 0 heterocycles. The van der Waals surface area contributed by atoms with E-state index in [0.717, 1.165) is 72.5 Å². The molecule has 2 unspecified atom stereocenters. The fourth-order valence-electron chi connectivity index (χ4n) is 14.0. The predicted molar refractivity (Wildman–Crippen MR) is 174 cm³/mol. The van der Waals surface area contributed by atoms with Gasteiger partial charge in [-0.2, -0.15) is 0 Å². The minimum absolute atomic E-state index is 0.105. The van der Waals surface area contributed by atoms with Crippen LogP contribution >= 0.6 is 0 Å². The van der Waals surface area contributed by atoms with Crippen LogP contribution in [0.1, 0.15) is 149 Å². The van der Waals surface area contributed by atoms with E-state index in [-0.39, 0.29) is 22.5 Å². The lowest BCUT2D eigenvalue weighted by Gasteiger charge is -2.56. The van der Waals surface area contributed by atoms with E-state index in [9.17, 15) is 10.2 Å². The third-order valence-electron chi connectivity index (χ3n) is 16.2. The first-order valence-electron chi connectivity index (χ1n) is 19.1. The highest BCUT2D eigenvalue weighted by Gasteiger charge is 2.61. The average molecular weight is 577 g/mol. The first kappa shape index (κ1) is 30.1. The van der Waals surface area contributed by atoms with Gasteiger partial charge in [-0.1, -0.05) is 63.8 Å². The van der Waals surface area contributed by atoms with Crippen LogP contribution in [0.5, 0.6) is 0 Å². The van der Waals surface area contributed by atoms with Crippen LogP contribution in [0.15, 0.2) is 23.8 Å². The van der Waals surface area contributed by atoms with Crippen LogP contribution in [0.2, 0.25) is 0 Å². The molecule has 0 aromatic carbocycles. The Kier molecular flexibility index (Phi) is 8.34. The summed E-state index contributed by atoms with van der Waals surface area (Å²) in [5.41, 5.74) is 1.80. The van der Waals surface area contributed by atoms with E-state index in [1.165, 1.54) is 109 Å². The molecule has 0 amide bonds. The summed E-state index contributed by atoms with van der Waals surface area (Å²) >= 11 is 0. The van der Waals surface area contributed by atoms with Crippen molar-refractivity contribution in [1.82, 2.24) is 0 Å². The smallest absolute Gasteiger partial charge is 0.0701 e. The van der Waals surface area contributed by atoms with E-state index in [0.29, 0.717) is 0 Å². The summed E-state index contributed by atoms with van der Waals surface area (Å²) in [5.74, 6) is 8.32. The van der Waals surface area contributed by atoms with Gasteiger partial charge in [-0.25, -0.2) is 0 Å². The fraction of sp³-hybridized carbons (Fsp3) is 0.900. The molecule has 8 aliphatic rings. The highest BCUT2D eigenvalue weighted by Crippen LogP contribution is 2.66. The highest BCUT2D eigenvalue weighted by atomic mass is 16.3. The normalized spacial score (nSPS) is 51.4. The van der Waals surface area contributed by atoms with Crippen molar-refractivity contribution in [2.75, 3.05) is 0 Å². The molecule has 0 saturated heterocycles. The molecule has 0 spiro atoms. The first-order valence-corrected chi connectivity index (χ1v) is 19.1. The average Bonchev–Trinajstić information content (AvgIpc) is 3.60. The van der Waals surface area contributed by atoms with Crippen LogP contribution in [0.4, 0.5) is 0 Å². The predicted octanol–water partition coefficient (Wildman–Crippen LogP) is 10.0. The Balaban J connectivity index is 0.000000137. The van der Waals surface area contributed by atoms with E-state index in [4.69, 9.17) is 0 Å². The lowest BCUT2D eigenvalue weighted by molar-refractivity contribution is -0.119. The summed E-state index contributed by atoms with van der Waals surface area (Å²) in [6.45, 7) is 6.78. The van der Waals surface area contributed by atoms with Crippen LogP contribution in [0.3, 0.4) is 0 Å². The van der Waals surface area contributed by atoms with Crippen LogP contribution < -0.4 is 0 Å². The Morgan fingerprint density at radius 3 is 2.43 bits per heavy atom. The molecular weight excluding hydrogens is 512 g/mol. The Labute approximate surface area is 258 Å². The van der Waals surface area contributed by atoms with Crippen LogP contribution in [0.25, 0.3) is 0 Å². The quantitative estimate of drug-likeness (QED) is 0.328. The number of hydrogen-bond donors (Lipinski definition) is 2.